The fourth-order valence-electron chi connectivity index (χ4n) is 11.3. The number of amides is 11. The van der Waals surface area contributed by atoms with Gasteiger partial charge in [0.1, 0.15) is 60.7 Å². The molecule has 11 amide bonds. The first-order valence-electron chi connectivity index (χ1n) is 28.7. The molecule has 0 aliphatic carbocycles. The number of hydrogen-bond donors (Lipinski definition) is 7. The lowest BCUT2D eigenvalue weighted by Crippen LogP contribution is -2.63. The second-order valence-corrected chi connectivity index (χ2v) is 22.7. The zero-order chi connectivity index (χ0) is 60.1. The molecule has 7 N–H and O–H groups in total. The predicted octanol–water partition coefficient (Wildman–Crippen LogP) is 3.00. The fourth-order valence-corrected chi connectivity index (χ4v) is 11.3. The third-order valence-corrected chi connectivity index (χ3v) is 16.0. The zero-order valence-electron chi connectivity index (χ0n) is 48.9. The average Bonchev–Trinajstić information content (AvgIpc) is 4.23. The Bertz CT molecular complexity index is 2670. The van der Waals surface area contributed by atoms with Gasteiger partial charge in [-0.3, -0.25) is 33.7 Å². The van der Waals surface area contributed by atoms with Gasteiger partial charge >= 0.3 is 18.2 Å². The number of benzene rings is 2. The number of carbonyl (C=O) groups is 9. The largest absolute Gasteiger partial charge is 0.493 e. The van der Waals surface area contributed by atoms with Gasteiger partial charge in [0.25, 0.3) is 0 Å². The van der Waals surface area contributed by atoms with E-state index in [1.54, 1.807) is 44.5 Å². The highest BCUT2D eigenvalue weighted by molar-refractivity contribution is 5.96. The van der Waals surface area contributed by atoms with Crippen LogP contribution in [-0.2, 0) is 33.5 Å². The molecule has 24 nitrogen and oxygen atoms in total. The van der Waals surface area contributed by atoms with Crippen molar-refractivity contribution in [1.82, 2.24) is 61.7 Å². The molecule has 6 aliphatic rings. The number of nitrogens with zero attached hydrogens (tertiary/aromatic N) is 5. The summed E-state index contributed by atoms with van der Waals surface area (Å²) in [5, 5.41) is 19.5. The van der Waals surface area contributed by atoms with E-state index >= 15 is 0 Å². The second-order valence-electron chi connectivity index (χ2n) is 22.7. The van der Waals surface area contributed by atoms with Crippen molar-refractivity contribution in [3.05, 3.63) is 59.7 Å². The lowest BCUT2D eigenvalue weighted by atomic mass is 10.00. The van der Waals surface area contributed by atoms with Crippen LogP contribution in [0, 0.1) is 0 Å². The molecule has 8 rings (SSSR count). The number of likely N-dealkylation sites (N-methyl/N-ethyl adjacent to an activating group) is 2. The molecule has 0 saturated carbocycles. The predicted molar refractivity (Wildman–Crippen MR) is 306 cm³/mol. The summed E-state index contributed by atoms with van der Waals surface area (Å²) >= 11 is 0. The van der Waals surface area contributed by atoms with Crippen molar-refractivity contribution >= 4 is 66.0 Å². The Morgan fingerprint density at radius 3 is 1.48 bits per heavy atom. The van der Waals surface area contributed by atoms with Crippen molar-refractivity contribution < 1.29 is 66.1 Å². The number of alkyl halides is 2. The number of para-hydroxylation sites is 2. The first kappa shape index (κ1) is 65.9. The molecular weight excluding hydrogens is 1120 g/mol. The van der Waals surface area contributed by atoms with E-state index in [0.717, 1.165) is 21.8 Å². The molecule has 0 aromatic heterocycles. The van der Waals surface area contributed by atoms with E-state index in [1.807, 2.05) is 48.5 Å². The number of fused-ring (bicyclic) bond motifs is 4. The highest BCUT2D eigenvalue weighted by Gasteiger charge is 2.48. The smallest absolute Gasteiger partial charge is 0.410 e. The molecule has 84 heavy (non-hydrogen) atoms. The van der Waals surface area contributed by atoms with Crippen molar-refractivity contribution in [2.45, 2.75) is 152 Å². The Kier molecular flexibility index (Phi) is 23.6. The first-order chi connectivity index (χ1) is 39.6. The molecule has 27 heteroatoms. The summed E-state index contributed by atoms with van der Waals surface area (Å²) in [5.74, 6) is -1.03. The summed E-state index contributed by atoms with van der Waals surface area (Å²) in [6, 6.07) is 7.60. The molecule has 6 heterocycles. The van der Waals surface area contributed by atoms with Gasteiger partial charge in [-0.2, -0.15) is 0 Å². The van der Waals surface area contributed by atoms with Crippen LogP contribution in [-0.4, -0.2) is 212 Å². The highest BCUT2D eigenvalue weighted by atomic mass is 35.5. The van der Waals surface area contributed by atoms with Crippen molar-refractivity contribution in [3.8, 4) is 11.5 Å². The molecule has 0 spiro atoms. The molecule has 2 aromatic rings. The monoisotopic (exact) mass is 1200 g/mol. The van der Waals surface area contributed by atoms with E-state index in [2.05, 4.69) is 37.2 Å². The third-order valence-electron chi connectivity index (χ3n) is 16.0. The van der Waals surface area contributed by atoms with Crippen molar-refractivity contribution in [3.63, 3.8) is 0 Å². The Balaban J connectivity index is 0.000000270. The number of nitrogens with one attached hydrogen (secondary N) is 7. The van der Waals surface area contributed by atoms with Crippen LogP contribution in [0.3, 0.4) is 0 Å². The molecule has 10 atom stereocenters. The van der Waals surface area contributed by atoms with E-state index in [1.165, 1.54) is 23.8 Å². The van der Waals surface area contributed by atoms with Gasteiger partial charge < -0.3 is 71.0 Å². The van der Waals surface area contributed by atoms with Gasteiger partial charge in [0.05, 0.1) is 44.4 Å². The Hall–Kier alpha value is -7.22. The number of carbonyl (C=O) groups excluding carboxylic acids is 9. The molecule has 0 radical (unpaired) electrons. The summed E-state index contributed by atoms with van der Waals surface area (Å²) in [6.07, 6.45) is 3.41. The molecule has 0 unspecified atom stereocenters. The zero-order valence-corrected chi connectivity index (χ0v) is 49.7. The summed E-state index contributed by atoms with van der Waals surface area (Å²) in [6.45, 7) is 7.69. The van der Waals surface area contributed by atoms with Crippen LogP contribution in [0.5, 0.6) is 11.5 Å². The van der Waals surface area contributed by atoms with Crippen molar-refractivity contribution in [1.29, 1.82) is 0 Å². The normalized spacial score (nSPS) is 24.3. The standard InChI is InChI=1S/C31H45FN6O7.C26H37FN6O5.ClH/c1-19(36(5)30(43)45-31(2,3)4)26(39)35-23-18-37(29(42)33-15-14-32)16-12-20-10-11-24(38(20)28(23)41)27(40)34-22-13-17-44-25-9-7-6-8-21(22)25;1-16(28-2)23(34)31-20-15-32(26(37)29-12-11-27)13-9-17-7-8-21(33(17)25(20)36)24(35)30-19-10-14-38-22-6-4-3-5-18(19)22;/h6-9,19-20,22-24H,10-18H2,1-5H3,(H,33,42)(H,34,40)(H,35,39);3-6,16-17,19-21,28H,7-15H2,1-2H3,(H,29,37)(H,30,35)(H,31,34);1H/t19-,20+,22+,23-,24-;16-,17+,19+,20-,21-;/m00./s1. The first-order valence-corrected chi connectivity index (χ1v) is 28.7. The topological polar surface area (TPSA) is 282 Å². The van der Waals surface area contributed by atoms with Gasteiger partial charge in [0.2, 0.25) is 35.4 Å². The Labute approximate surface area is 495 Å². The lowest BCUT2D eigenvalue weighted by molar-refractivity contribution is -0.145. The molecule has 0 bridgehead atoms. The number of halogens is 3. The molecular formula is C57H83ClF2N12O12. The number of urea groups is 2. The van der Waals surface area contributed by atoms with Gasteiger partial charge in [0.15, 0.2) is 0 Å². The van der Waals surface area contributed by atoms with E-state index in [0.29, 0.717) is 76.9 Å². The van der Waals surface area contributed by atoms with Crippen LogP contribution in [0.2, 0.25) is 0 Å². The number of rotatable bonds is 14. The molecule has 2 aromatic carbocycles. The quantitative estimate of drug-likeness (QED) is 0.144. The van der Waals surface area contributed by atoms with E-state index in [4.69, 9.17) is 14.2 Å². The minimum atomic E-state index is -1.22. The van der Waals surface area contributed by atoms with E-state index in [9.17, 15) is 51.9 Å². The van der Waals surface area contributed by atoms with Crippen molar-refractivity contribution in [2.75, 3.05) is 79.9 Å². The molecule has 4 saturated heterocycles. The van der Waals surface area contributed by atoms with Crippen LogP contribution < -0.4 is 46.7 Å². The van der Waals surface area contributed by atoms with Crippen LogP contribution in [0.25, 0.3) is 0 Å². The van der Waals surface area contributed by atoms with Crippen LogP contribution in [0.4, 0.5) is 23.2 Å². The van der Waals surface area contributed by atoms with Crippen LogP contribution >= 0.6 is 12.4 Å². The van der Waals surface area contributed by atoms with Gasteiger partial charge in [-0.1, -0.05) is 36.4 Å². The maximum atomic E-state index is 14.2. The minimum Gasteiger partial charge on any atom is -0.493 e. The molecule has 4 fully saturated rings. The van der Waals surface area contributed by atoms with Crippen molar-refractivity contribution in [2.24, 2.45) is 0 Å². The summed E-state index contributed by atoms with van der Waals surface area (Å²) in [4.78, 5) is 127. The van der Waals surface area contributed by atoms with Crippen LogP contribution in [0.15, 0.2) is 48.5 Å². The van der Waals surface area contributed by atoms with Gasteiger partial charge in [-0.05, 0) is 92.3 Å². The SMILES string of the molecule is CN[C@@H](C)C(=O)N[C@H]1CN(C(=O)NCCF)CC[C@H]2CC[C@@H](C(=O)N[C@@H]3CCOc4ccccc43)N2C1=O.C[C@@H](C(=O)N[C@H]1CN(C(=O)NCCF)CC[C@H]2CC[C@@H](C(=O)N[C@@H]3CCOc4ccccc43)N2C1=O)N(C)C(=O)OC(C)(C)C.Cl. The summed E-state index contributed by atoms with van der Waals surface area (Å²) in [5.41, 5.74) is 0.994. The number of ether oxygens (including phenoxy) is 3. The Morgan fingerprint density at radius 2 is 1.06 bits per heavy atom. The molecule has 6 aliphatic heterocycles. The van der Waals surface area contributed by atoms with E-state index in [-0.39, 0.29) is 81.1 Å². The summed E-state index contributed by atoms with van der Waals surface area (Å²) < 4.78 is 42.3. The van der Waals surface area contributed by atoms with Gasteiger partial charge in [-0.15, -0.1) is 12.4 Å². The summed E-state index contributed by atoms with van der Waals surface area (Å²) in [7, 11) is 3.05. The third kappa shape index (κ3) is 16.4. The Morgan fingerprint density at radius 1 is 0.631 bits per heavy atom. The number of hydrogen-bond acceptors (Lipinski definition) is 13. The van der Waals surface area contributed by atoms with E-state index < -0.39 is 97.0 Å². The van der Waals surface area contributed by atoms with Gasteiger partial charge in [-0.25, -0.2) is 23.2 Å². The fraction of sp³-hybridized carbons (Fsp3) is 0.632. The van der Waals surface area contributed by atoms with Crippen LogP contribution in [0.1, 0.15) is 109 Å². The maximum absolute atomic E-state index is 14.2. The minimum absolute atomic E-state index is 0. The average molecular weight is 1200 g/mol. The maximum Gasteiger partial charge on any atom is 0.410 e. The van der Waals surface area contributed by atoms with Gasteiger partial charge in [0, 0.05) is 69.3 Å². The second kappa shape index (κ2) is 30.0. The lowest BCUT2D eigenvalue weighted by Gasteiger charge is -2.39. The highest BCUT2D eigenvalue weighted by Crippen LogP contribution is 2.36. The molecule has 464 valence electrons.